The number of benzene rings is 1. The van der Waals surface area contributed by atoms with Gasteiger partial charge in [0.05, 0.1) is 11.6 Å². The molecule has 1 aromatic rings. The van der Waals surface area contributed by atoms with Gasteiger partial charge in [-0.15, -0.1) is 12.3 Å². The molecule has 0 aliphatic carbocycles. The molecule has 5 nitrogen and oxygen atoms in total. The van der Waals surface area contributed by atoms with Gasteiger partial charge in [-0.05, 0) is 37.1 Å². The maximum Gasteiger partial charge on any atom is 0.251 e. The van der Waals surface area contributed by atoms with Gasteiger partial charge in [0.2, 0.25) is 5.91 Å². The average Bonchev–Trinajstić information content (AvgIpc) is 2.46. The van der Waals surface area contributed by atoms with Crippen molar-refractivity contribution in [3.63, 3.8) is 0 Å². The largest absolute Gasteiger partial charge is 0.368 e. The molecule has 0 aromatic heterocycles. The standard InChI is InChI=1S/C15H15N3O2/c1-2-3-4-5-13(14(17)19)18-15(20)12-8-6-11(10-16)7-9-12/h1,6-9,13H,3-5H2,(H2,17,19)(H,18,20)/t13-/m0/s1. The fourth-order valence-corrected chi connectivity index (χ4v) is 1.63. The number of nitriles is 1. The molecule has 0 saturated heterocycles. The lowest BCUT2D eigenvalue weighted by Crippen LogP contribution is -2.44. The first-order valence-corrected chi connectivity index (χ1v) is 6.12. The monoisotopic (exact) mass is 269 g/mol. The summed E-state index contributed by atoms with van der Waals surface area (Å²) in [5.74, 6) is 1.47. The number of carbonyl (C=O) groups excluding carboxylic acids is 2. The highest BCUT2D eigenvalue weighted by Gasteiger charge is 2.18. The molecule has 0 saturated carbocycles. The van der Waals surface area contributed by atoms with Gasteiger partial charge in [0.25, 0.3) is 5.91 Å². The number of primary amides is 1. The predicted molar refractivity (Wildman–Crippen MR) is 74.3 cm³/mol. The molecule has 1 aromatic carbocycles. The summed E-state index contributed by atoms with van der Waals surface area (Å²) in [5, 5.41) is 11.2. The van der Waals surface area contributed by atoms with Crippen molar-refractivity contribution in [3.05, 3.63) is 35.4 Å². The van der Waals surface area contributed by atoms with Crippen LogP contribution in [0.3, 0.4) is 0 Å². The van der Waals surface area contributed by atoms with Gasteiger partial charge in [-0.3, -0.25) is 9.59 Å². The fraction of sp³-hybridized carbons (Fsp3) is 0.267. The highest BCUT2D eigenvalue weighted by molar-refractivity contribution is 5.97. The molecular formula is C15H15N3O2. The van der Waals surface area contributed by atoms with Crippen molar-refractivity contribution in [3.8, 4) is 18.4 Å². The van der Waals surface area contributed by atoms with E-state index in [1.807, 2.05) is 6.07 Å². The van der Waals surface area contributed by atoms with Gasteiger partial charge in [-0.2, -0.15) is 5.26 Å². The summed E-state index contributed by atoms with van der Waals surface area (Å²) in [7, 11) is 0. The second-order valence-electron chi connectivity index (χ2n) is 4.21. The van der Waals surface area contributed by atoms with Crippen molar-refractivity contribution in [2.75, 3.05) is 0 Å². The molecule has 5 heteroatoms. The molecular weight excluding hydrogens is 254 g/mol. The first-order chi connectivity index (χ1) is 9.58. The van der Waals surface area contributed by atoms with Gasteiger partial charge >= 0.3 is 0 Å². The number of hydrogen-bond donors (Lipinski definition) is 2. The number of nitrogens with zero attached hydrogens (tertiary/aromatic N) is 1. The smallest absolute Gasteiger partial charge is 0.251 e. The molecule has 0 spiro atoms. The van der Waals surface area contributed by atoms with Gasteiger partial charge in [0.15, 0.2) is 0 Å². The minimum Gasteiger partial charge on any atom is -0.368 e. The number of rotatable bonds is 6. The van der Waals surface area contributed by atoms with Gasteiger partial charge < -0.3 is 11.1 Å². The minimum atomic E-state index is -0.744. The number of hydrogen-bond acceptors (Lipinski definition) is 3. The second kappa shape index (κ2) is 7.60. The summed E-state index contributed by atoms with van der Waals surface area (Å²) in [6.07, 6.45) is 6.67. The Labute approximate surface area is 117 Å². The molecule has 0 unspecified atom stereocenters. The summed E-state index contributed by atoms with van der Waals surface area (Å²) in [6, 6.07) is 7.33. The van der Waals surface area contributed by atoms with E-state index in [2.05, 4.69) is 11.2 Å². The van der Waals surface area contributed by atoms with Crippen LogP contribution in [0.4, 0.5) is 0 Å². The van der Waals surface area contributed by atoms with Crippen LogP contribution in [0.5, 0.6) is 0 Å². The Balaban J connectivity index is 2.68. The SMILES string of the molecule is C#CCCC[C@H](NC(=O)c1ccc(C#N)cc1)C(N)=O. The minimum absolute atomic E-state index is 0.368. The first kappa shape index (κ1) is 15.3. The lowest BCUT2D eigenvalue weighted by molar-refractivity contribution is -0.120. The first-order valence-electron chi connectivity index (χ1n) is 6.12. The molecule has 0 aliphatic heterocycles. The van der Waals surface area contributed by atoms with Crippen molar-refractivity contribution in [2.24, 2.45) is 5.73 Å². The van der Waals surface area contributed by atoms with Crippen LogP contribution in [-0.2, 0) is 4.79 Å². The highest BCUT2D eigenvalue weighted by atomic mass is 16.2. The predicted octanol–water partition coefficient (Wildman–Crippen LogP) is 0.945. The fourth-order valence-electron chi connectivity index (χ4n) is 1.63. The number of unbranched alkanes of at least 4 members (excludes halogenated alkanes) is 1. The van der Waals surface area contributed by atoms with Crippen LogP contribution in [0.15, 0.2) is 24.3 Å². The Bertz CT molecular complexity index is 564. The van der Waals surface area contributed by atoms with Gasteiger partial charge in [0.1, 0.15) is 6.04 Å². The highest BCUT2D eigenvalue weighted by Crippen LogP contribution is 2.06. The Morgan fingerprint density at radius 1 is 1.35 bits per heavy atom. The van der Waals surface area contributed by atoms with E-state index in [1.54, 1.807) is 0 Å². The van der Waals surface area contributed by atoms with Crippen molar-refractivity contribution >= 4 is 11.8 Å². The van der Waals surface area contributed by atoms with Gasteiger partial charge in [-0.25, -0.2) is 0 Å². The Morgan fingerprint density at radius 3 is 2.50 bits per heavy atom. The van der Waals surface area contributed by atoms with E-state index in [-0.39, 0.29) is 0 Å². The number of nitrogens with two attached hydrogens (primary N) is 1. The summed E-state index contributed by atoms with van der Waals surface area (Å²) < 4.78 is 0. The van der Waals surface area contributed by atoms with Crippen LogP contribution in [-0.4, -0.2) is 17.9 Å². The topological polar surface area (TPSA) is 96.0 Å². The van der Waals surface area contributed by atoms with E-state index in [4.69, 9.17) is 17.4 Å². The molecule has 3 N–H and O–H groups in total. The molecule has 2 amide bonds. The third-order valence-electron chi connectivity index (χ3n) is 2.74. The van der Waals surface area contributed by atoms with Gasteiger partial charge in [-0.1, -0.05) is 0 Å². The summed E-state index contributed by atoms with van der Waals surface area (Å²) >= 11 is 0. The zero-order valence-corrected chi connectivity index (χ0v) is 10.9. The molecule has 1 rings (SSSR count). The maximum atomic E-state index is 11.9. The third kappa shape index (κ3) is 4.47. The van der Waals surface area contributed by atoms with Crippen LogP contribution in [0, 0.1) is 23.7 Å². The van der Waals surface area contributed by atoms with Gasteiger partial charge in [0, 0.05) is 12.0 Å². The van der Waals surface area contributed by atoms with E-state index in [9.17, 15) is 9.59 Å². The summed E-state index contributed by atoms with van der Waals surface area (Å²) in [6.45, 7) is 0. The molecule has 20 heavy (non-hydrogen) atoms. The zero-order chi connectivity index (χ0) is 15.0. The number of amides is 2. The molecule has 0 fully saturated rings. The van der Waals surface area contributed by atoms with Crippen LogP contribution in [0.25, 0.3) is 0 Å². The molecule has 1 atom stereocenters. The summed E-state index contributed by atoms with van der Waals surface area (Å²) in [4.78, 5) is 23.2. The molecule has 102 valence electrons. The third-order valence-corrected chi connectivity index (χ3v) is 2.74. The molecule has 0 bridgehead atoms. The van der Waals surface area contributed by atoms with Crippen LogP contribution >= 0.6 is 0 Å². The van der Waals surface area contributed by atoms with Crippen LogP contribution in [0.2, 0.25) is 0 Å². The number of terminal acetylenes is 1. The van der Waals surface area contributed by atoms with Crippen LogP contribution < -0.4 is 11.1 Å². The van der Waals surface area contributed by atoms with E-state index in [0.29, 0.717) is 30.4 Å². The van der Waals surface area contributed by atoms with E-state index in [0.717, 1.165) is 0 Å². The molecule has 0 radical (unpaired) electrons. The second-order valence-corrected chi connectivity index (χ2v) is 4.21. The van der Waals surface area contributed by atoms with Crippen LogP contribution in [0.1, 0.15) is 35.2 Å². The van der Waals surface area contributed by atoms with E-state index in [1.165, 1.54) is 24.3 Å². The number of nitrogens with one attached hydrogen (secondary N) is 1. The normalized spacial score (nSPS) is 10.9. The van der Waals surface area contributed by atoms with Crippen molar-refractivity contribution in [1.82, 2.24) is 5.32 Å². The Kier molecular flexibility index (Phi) is 5.80. The Morgan fingerprint density at radius 2 is 2.00 bits per heavy atom. The maximum absolute atomic E-state index is 11.9. The molecule has 0 aliphatic rings. The lowest BCUT2D eigenvalue weighted by atomic mass is 10.1. The summed E-state index contributed by atoms with van der Waals surface area (Å²) in [5.41, 5.74) is 6.07. The van der Waals surface area contributed by atoms with E-state index < -0.39 is 17.9 Å². The average molecular weight is 269 g/mol. The van der Waals surface area contributed by atoms with E-state index >= 15 is 0 Å². The zero-order valence-electron chi connectivity index (χ0n) is 10.9. The number of carbonyl (C=O) groups is 2. The van der Waals surface area contributed by atoms with Crippen molar-refractivity contribution in [2.45, 2.75) is 25.3 Å². The lowest BCUT2D eigenvalue weighted by Gasteiger charge is -2.14. The Hall–Kier alpha value is -2.79. The quantitative estimate of drug-likeness (QED) is 0.594. The van der Waals surface area contributed by atoms with Crippen molar-refractivity contribution < 1.29 is 9.59 Å². The molecule has 0 heterocycles. The van der Waals surface area contributed by atoms with Crippen molar-refractivity contribution in [1.29, 1.82) is 5.26 Å².